The minimum atomic E-state index is 0.126. The zero-order valence-electron chi connectivity index (χ0n) is 8.37. The minimum Gasteiger partial charge on any atom is -0.288 e. The first kappa shape index (κ1) is 9.02. The highest BCUT2D eigenvalue weighted by molar-refractivity contribution is 4.92. The smallest absolute Gasteiger partial charge is 0.0949 e. The topological polar surface area (TPSA) is 27.0 Å². The third kappa shape index (κ3) is 2.70. The van der Waals surface area contributed by atoms with Crippen LogP contribution in [0.3, 0.4) is 0 Å². The maximum atomic E-state index is 8.88. The fourth-order valence-electron chi connectivity index (χ4n) is 1.74. The van der Waals surface area contributed by atoms with Gasteiger partial charge in [-0.1, -0.05) is 0 Å². The summed E-state index contributed by atoms with van der Waals surface area (Å²) in [6.45, 7) is 4.38. The number of rotatable bonds is 5. The molecule has 0 heterocycles. The predicted molar refractivity (Wildman–Crippen MR) is 52.1 cm³/mol. The van der Waals surface area contributed by atoms with Gasteiger partial charge in [-0.05, 0) is 44.4 Å². The van der Waals surface area contributed by atoms with Gasteiger partial charge in [0, 0.05) is 13.1 Å². The van der Waals surface area contributed by atoms with E-state index >= 15 is 0 Å². The summed E-state index contributed by atoms with van der Waals surface area (Å²) in [5, 5.41) is 8.88. The van der Waals surface area contributed by atoms with Gasteiger partial charge in [-0.15, -0.1) is 0 Å². The highest BCUT2D eigenvalue weighted by Gasteiger charge is 2.31. The van der Waals surface area contributed by atoms with E-state index in [1.807, 2.05) is 6.92 Å². The summed E-state index contributed by atoms with van der Waals surface area (Å²) >= 11 is 0. The summed E-state index contributed by atoms with van der Waals surface area (Å²) in [5.41, 5.74) is 0. The van der Waals surface area contributed by atoms with Gasteiger partial charge in [0.15, 0.2) is 0 Å². The average Bonchev–Trinajstić information content (AvgIpc) is 2.94. The fraction of sp³-hybridized carbons (Fsp3) is 0.909. The lowest BCUT2D eigenvalue weighted by Gasteiger charge is -2.24. The second-order valence-corrected chi connectivity index (χ2v) is 4.65. The molecule has 2 nitrogen and oxygen atoms in total. The Labute approximate surface area is 80.5 Å². The Morgan fingerprint density at radius 3 is 2.00 bits per heavy atom. The molecule has 1 unspecified atom stereocenters. The van der Waals surface area contributed by atoms with E-state index in [0.717, 1.165) is 11.8 Å². The monoisotopic (exact) mass is 178 g/mol. The van der Waals surface area contributed by atoms with Crippen LogP contribution in [0.2, 0.25) is 0 Å². The summed E-state index contributed by atoms with van der Waals surface area (Å²) < 4.78 is 0. The molecule has 0 aliphatic heterocycles. The van der Waals surface area contributed by atoms with Crippen LogP contribution in [0, 0.1) is 23.2 Å². The Bertz CT molecular complexity index is 197. The van der Waals surface area contributed by atoms with Crippen LogP contribution in [0.5, 0.6) is 0 Å². The molecular weight excluding hydrogens is 160 g/mol. The van der Waals surface area contributed by atoms with Gasteiger partial charge in [-0.25, -0.2) is 0 Å². The molecule has 2 aliphatic rings. The summed E-state index contributed by atoms with van der Waals surface area (Å²) in [7, 11) is 0. The second-order valence-electron chi connectivity index (χ2n) is 4.65. The third-order valence-electron chi connectivity index (χ3n) is 3.11. The van der Waals surface area contributed by atoms with E-state index in [0.29, 0.717) is 0 Å². The SMILES string of the molecule is CC(C#N)N(CC1CC1)CC1CC1. The molecule has 2 rings (SSSR count). The molecule has 1 atom stereocenters. The molecular formula is C11H18N2. The molecule has 2 heteroatoms. The van der Waals surface area contributed by atoms with Gasteiger partial charge in [0.1, 0.15) is 0 Å². The Hall–Kier alpha value is -0.550. The molecule has 0 amide bonds. The summed E-state index contributed by atoms with van der Waals surface area (Å²) in [6, 6.07) is 2.48. The van der Waals surface area contributed by atoms with E-state index in [-0.39, 0.29) is 6.04 Å². The zero-order chi connectivity index (χ0) is 9.26. The quantitative estimate of drug-likeness (QED) is 0.644. The molecule has 0 aromatic heterocycles. The maximum Gasteiger partial charge on any atom is 0.0949 e. The second kappa shape index (κ2) is 3.67. The van der Waals surface area contributed by atoms with Gasteiger partial charge in [0.25, 0.3) is 0 Å². The molecule has 0 N–H and O–H groups in total. The highest BCUT2D eigenvalue weighted by atomic mass is 15.2. The molecule has 0 spiro atoms. The summed E-state index contributed by atoms with van der Waals surface area (Å²) in [5.74, 6) is 1.82. The molecule has 2 aliphatic carbocycles. The molecule has 2 saturated carbocycles. The predicted octanol–water partition coefficient (Wildman–Crippen LogP) is 2.02. The molecule has 2 fully saturated rings. The first-order chi connectivity index (χ1) is 6.29. The Balaban J connectivity index is 1.80. The van der Waals surface area contributed by atoms with Crippen molar-refractivity contribution in [3.05, 3.63) is 0 Å². The van der Waals surface area contributed by atoms with Crippen molar-refractivity contribution in [3.8, 4) is 6.07 Å². The fourth-order valence-corrected chi connectivity index (χ4v) is 1.74. The van der Waals surface area contributed by atoms with Crippen LogP contribution in [-0.2, 0) is 0 Å². The Morgan fingerprint density at radius 2 is 1.69 bits per heavy atom. The van der Waals surface area contributed by atoms with Gasteiger partial charge in [-0.2, -0.15) is 5.26 Å². The van der Waals surface area contributed by atoms with Crippen molar-refractivity contribution in [2.45, 2.75) is 38.6 Å². The van der Waals surface area contributed by atoms with Gasteiger partial charge in [0.05, 0.1) is 12.1 Å². The van der Waals surface area contributed by atoms with Crippen LogP contribution < -0.4 is 0 Å². The lowest BCUT2D eigenvalue weighted by atomic mass is 10.2. The third-order valence-corrected chi connectivity index (χ3v) is 3.11. The van der Waals surface area contributed by atoms with Crippen molar-refractivity contribution < 1.29 is 0 Å². The first-order valence-corrected chi connectivity index (χ1v) is 5.43. The van der Waals surface area contributed by atoms with Crippen molar-refractivity contribution in [2.24, 2.45) is 11.8 Å². The largest absolute Gasteiger partial charge is 0.288 e. The lowest BCUT2D eigenvalue weighted by molar-refractivity contribution is 0.226. The van der Waals surface area contributed by atoms with E-state index < -0.39 is 0 Å². The minimum absolute atomic E-state index is 0.126. The van der Waals surface area contributed by atoms with Crippen molar-refractivity contribution >= 4 is 0 Å². The van der Waals surface area contributed by atoms with Crippen LogP contribution in [0.25, 0.3) is 0 Å². The van der Waals surface area contributed by atoms with Crippen LogP contribution >= 0.6 is 0 Å². The van der Waals surface area contributed by atoms with Crippen LogP contribution in [-0.4, -0.2) is 24.0 Å². The molecule has 72 valence electrons. The molecule has 0 bridgehead atoms. The lowest BCUT2D eigenvalue weighted by Crippen LogP contribution is -2.35. The first-order valence-electron chi connectivity index (χ1n) is 5.43. The number of hydrogen-bond acceptors (Lipinski definition) is 2. The van der Waals surface area contributed by atoms with E-state index in [1.165, 1.54) is 38.8 Å². The average molecular weight is 178 g/mol. The summed E-state index contributed by atoms with van der Waals surface area (Å²) in [4.78, 5) is 2.38. The van der Waals surface area contributed by atoms with Crippen LogP contribution in [0.15, 0.2) is 0 Å². The van der Waals surface area contributed by atoms with E-state index in [1.54, 1.807) is 0 Å². The van der Waals surface area contributed by atoms with Crippen molar-refractivity contribution in [1.82, 2.24) is 4.90 Å². The van der Waals surface area contributed by atoms with Crippen molar-refractivity contribution in [1.29, 1.82) is 5.26 Å². The van der Waals surface area contributed by atoms with E-state index in [4.69, 9.17) is 5.26 Å². The van der Waals surface area contributed by atoms with Gasteiger partial charge >= 0.3 is 0 Å². The molecule has 0 saturated heterocycles. The van der Waals surface area contributed by atoms with Crippen molar-refractivity contribution in [3.63, 3.8) is 0 Å². The van der Waals surface area contributed by atoms with Crippen molar-refractivity contribution in [2.75, 3.05) is 13.1 Å². The number of nitriles is 1. The molecule has 0 aromatic carbocycles. The number of hydrogen-bond donors (Lipinski definition) is 0. The van der Waals surface area contributed by atoms with Crippen LogP contribution in [0.4, 0.5) is 0 Å². The maximum absolute atomic E-state index is 8.88. The highest BCUT2D eigenvalue weighted by Crippen LogP contribution is 2.34. The van der Waals surface area contributed by atoms with E-state index in [2.05, 4.69) is 11.0 Å². The summed E-state index contributed by atoms with van der Waals surface area (Å²) in [6.07, 6.45) is 5.55. The standard InChI is InChI=1S/C11H18N2/c1-9(6-12)13(7-10-2-3-10)8-11-4-5-11/h9-11H,2-5,7-8H2,1H3. The molecule has 0 radical (unpaired) electrons. The molecule has 0 aromatic rings. The van der Waals surface area contributed by atoms with E-state index in [9.17, 15) is 0 Å². The molecule has 13 heavy (non-hydrogen) atoms. The van der Waals surface area contributed by atoms with Gasteiger partial charge < -0.3 is 0 Å². The Kier molecular flexibility index (Phi) is 2.55. The van der Waals surface area contributed by atoms with Gasteiger partial charge in [-0.3, -0.25) is 4.90 Å². The number of nitrogens with zero attached hydrogens (tertiary/aromatic N) is 2. The normalized spacial score (nSPS) is 24.4. The van der Waals surface area contributed by atoms with Gasteiger partial charge in [0.2, 0.25) is 0 Å². The van der Waals surface area contributed by atoms with Crippen LogP contribution in [0.1, 0.15) is 32.6 Å². The zero-order valence-corrected chi connectivity index (χ0v) is 8.37. The Morgan fingerprint density at radius 1 is 1.23 bits per heavy atom.